The summed E-state index contributed by atoms with van der Waals surface area (Å²) >= 11 is 17.6. The largest absolute Gasteiger partial charge is 0.381 e. The molecule has 0 amide bonds. The minimum atomic E-state index is -3.70. The van der Waals surface area contributed by atoms with Gasteiger partial charge in [0.15, 0.2) is 0 Å². The first-order valence-electron chi connectivity index (χ1n) is 6.01. The fourth-order valence-corrected chi connectivity index (χ4v) is 4.27. The highest BCUT2D eigenvalue weighted by Gasteiger charge is 2.36. The number of nitrogens with one attached hydrogen (secondary N) is 1. The number of sulfonamides is 1. The van der Waals surface area contributed by atoms with Crippen molar-refractivity contribution in [3.05, 3.63) is 28.2 Å². The highest BCUT2D eigenvalue weighted by molar-refractivity contribution is 7.89. The number of benzene rings is 1. The molecular weight excluding hydrogens is 345 g/mol. The zero-order valence-electron chi connectivity index (χ0n) is 10.5. The maximum atomic E-state index is 12.4. The Labute approximate surface area is 133 Å². The van der Waals surface area contributed by atoms with Gasteiger partial charge in [-0.25, -0.2) is 13.1 Å². The molecule has 0 radical (unpaired) electrons. The zero-order chi connectivity index (χ0) is 14.8. The average molecular weight is 359 g/mol. The van der Waals surface area contributed by atoms with Crippen LogP contribution in [0.2, 0.25) is 10.0 Å². The third kappa shape index (κ3) is 3.59. The van der Waals surface area contributed by atoms with Crippen LogP contribution in [-0.2, 0) is 14.8 Å². The normalized spacial score (nSPS) is 18.9. The van der Waals surface area contributed by atoms with Crippen LogP contribution in [0.1, 0.15) is 12.8 Å². The van der Waals surface area contributed by atoms with Crippen LogP contribution in [0.3, 0.4) is 0 Å². The van der Waals surface area contributed by atoms with E-state index in [9.17, 15) is 8.42 Å². The Morgan fingerprint density at radius 2 is 1.85 bits per heavy atom. The van der Waals surface area contributed by atoms with E-state index in [-0.39, 0.29) is 15.8 Å². The third-order valence-corrected chi connectivity index (χ3v) is 6.08. The highest BCUT2D eigenvalue weighted by Crippen LogP contribution is 2.28. The first kappa shape index (κ1) is 16.3. The molecular formula is C12H14Cl3NO3S. The molecule has 0 atom stereocenters. The molecule has 1 aliphatic heterocycles. The summed E-state index contributed by atoms with van der Waals surface area (Å²) in [5.41, 5.74) is -0.676. The maximum absolute atomic E-state index is 12.4. The maximum Gasteiger partial charge on any atom is 0.241 e. The van der Waals surface area contributed by atoms with Crippen molar-refractivity contribution in [2.24, 2.45) is 0 Å². The first-order valence-corrected chi connectivity index (χ1v) is 8.79. The third-order valence-electron chi connectivity index (χ3n) is 3.26. The number of halogens is 3. The summed E-state index contributed by atoms with van der Waals surface area (Å²) in [6.07, 6.45) is 1.08. The van der Waals surface area contributed by atoms with E-state index in [1.54, 1.807) is 0 Å². The van der Waals surface area contributed by atoms with Crippen molar-refractivity contribution < 1.29 is 13.2 Å². The van der Waals surface area contributed by atoms with E-state index in [0.717, 1.165) is 0 Å². The molecule has 1 fully saturated rings. The van der Waals surface area contributed by atoms with Crippen LogP contribution in [0.4, 0.5) is 0 Å². The lowest BCUT2D eigenvalue weighted by molar-refractivity contribution is 0.0549. The van der Waals surface area contributed by atoms with Crippen molar-refractivity contribution in [3.63, 3.8) is 0 Å². The average Bonchev–Trinajstić information content (AvgIpc) is 2.42. The summed E-state index contributed by atoms with van der Waals surface area (Å²) in [6, 6.07) is 4.20. The number of ether oxygens (including phenoxy) is 1. The Morgan fingerprint density at radius 1 is 1.20 bits per heavy atom. The second-order valence-electron chi connectivity index (χ2n) is 4.71. The van der Waals surface area contributed by atoms with Gasteiger partial charge in [0.1, 0.15) is 0 Å². The second-order valence-corrected chi connectivity index (χ2v) is 7.47. The Morgan fingerprint density at radius 3 is 2.40 bits per heavy atom. The lowest BCUT2D eigenvalue weighted by atomic mass is 9.94. The molecule has 1 aliphatic rings. The van der Waals surface area contributed by atoms with Crippen molar-refractivity contribution in [2.75, 3.05) is 19.1 Å². The van der Waals surface area contributed by atoms with Gasteiger partial charge in [0.2, 0.25) is 10.0 Å². The van der Waals surface area contributed by atoms with Crippen molar-refractivity contribution in [2.45, 2.75) is 23.3 Å². The van der Waals surface area contributed by atoms with Gasteiger partial charge in [0.05, 0.1) is 20.5 Å². The minimum absolute atomic E-state index is 0.0721. The molecule has 0 aromatic heterocycles. The van der Waals surface area contributed by atoms with Gasteiger partial charge in [0.25, 0.3) is 0 Å². The predicted molar refractivity (Wildman–Crippen MR) is 80.3 cm³/mol. The van der Waals surface area contributed by atoms with Crippen LogP contribution in [0, 0.1) is 0 Å². The quantitative estimate of drug-likeness (QED) is 0.842. The Balaban J connectivity index is 2.27. The van der Waals surface area contributed by atoms with E-state index in [1.165, 1.54) is 18.2 Å². The number of hydrogen-bond acceptors (Lipinski definition) is 3. The van der Waals surface area contributed by atoms with Gasteiger partial charge in [-0.2, -0.15) is 0 Å². The summed E-state index contributed by atoms with van der Waals surface area (Å²) in [7, 11) is -3.70. The molecule has 0 bridgehead atoms. The zero-order valence-corrected chi connectivity index (χ0v) is 13.6. The molecule has 0 spiro atoms. The van der Waals surface area contributed by atoms with Gasteiger partial charge >= 0.3 is 0 Å². The second kappa shape index (κ2) is 6.38. The molecule has 0 saturated carbocycles. The molecule has 1 aromatic rings. The summed E-state index contributed by atoms with van der Waals surface area (Å²) in [5, 5.41) is 0.505. The smallest absolute Gasteiger partial charge is 0.241 e. The Bertz CT molecular complexity index is 586. The molecule has 1 saturated heterocycles. The molecule has 1 heterocycles. The fourth-order valence-electron chi connectivity index (χ4n) is 2.01. The summed E-state index contributed by atoms with van der Waals surface area (Å²) < 4.78 is 32.8. The molecule has 2 rings (SSSR count). The van der Waals surface area contributed by atoms with E-state index in [0.29, 0.717) is 31.1 Å². The van der Waals surface area contributed by atoms with Crippen LogP contribution in [0.25, 0.3) is 0 Å². The van der Waals surface area contributed by atoms with Gasteiger partial charge < -0.3 is 4.74 Å². The summed E-state index contributed by atoms with van der Waals surface area (Å²) in [6.45, 7) is 0.966. The molecule has 1 N–H and O–H groups in total. The fraction of sp³-hybridized carbons (Fsp3) is 0.500. The van der Waals surface area contributed by atoms with E-state index in [1.807, 2.05) is 0 Å². The standard InChI is InChI=1S/C12H14Cl3NO3S/c13-8-12(3-5-19-6-4-12)16-20(17,18)9-1-2-10(14)11(15)7-9/h1-2,7,16H,3-6,8H2. The van der Waals surface area contributed by atoms with Crippen LogP contribution < -0.4 is 4.72 Å². The lowest BCUT2D eigenvalue weighted by Crippen LogP contribution is -2.53. The van der Waals surface area contributed by atoms with Gasteiger partial charge in [-0.3, -0.25) is 0 Å². The van der Waals surface area contributed by atoms with Crippen molar-refractivity contribution in [3.8, 4) is 0 Å². The number of hydrogen-bond donors (Lipinski definition) is 1. The van der Waals surface area contributed by atoms with Gasteiger partial charge in [-0.15, -0.1) is 11.6 Å². The van der Waals surface area contributed by atoms with E-state index in [4.69, 9.17) is 39.5 Å². The highest BCUT2D eigenvalue weighted by atomic mass is 35.5. The predicted octanol–water partition coefficient (Wildman–Crippen LogP) is 3.06. The van der Waals surface area contributed by atoms with Gasteiger partial charge in [0, 0.05) is 19.1 Å². The molecule has 8 heteroatoms. The Hall–Kier alpha value is -0.0400. The Kier molecular flexibility index (Phi) is 5.21. The molecule has 4 nitrogen and oxygen atoms in total. The van der Waals surface area contributed by atoms with Crippen LogP contribution in [0.5, 0.6) is 0 Å². The molecule has 0 unspecified atom stereocenters. The van der Waals surface area contributed by atoms with E-state index in [2.05, 4.69) is 4.72 Å². The van der Waals surface area contributed by atoms with E-state index >= 15 is 0 Å². The van der Waals surface area contributed by atoms with Gasteiger partial charge in [-0.05, 0) is 31.0 Å². The van der Waals surface area contributed by atoms with Crippen molar-refractivity contribution in [1.29, 1.82) is 0 Å². The SMILES string of the molecule is O=S(=O)(NC1(CCl)CCOCC1)c1ccc(Cl)c(Cl)c1. The van der Waals surface area contributed by atoms with Crippen LogP contribution in [0.15, 0.2) is 23.1 Å². The van der Waals surface area contributed by atoms with Crippen molar-refractivity contribution >= 4 is 44.8 Å². The summed E-state index contributed by atoms with van der Waals surface area (Å²) in [5.74, 6) is 0.191. The van der Waals surface area contributed by atoms with Gasteiger partial charge in [-0.1, -0.05) is 23.2 Å². The van der Waals surface area contributed by atoms with Crippen LogP contribution in [-0.4, -0.2) is 33.1 Å². The number of rotatable bonds is 4. The van der Waals surface area contributed by atoms with E-state index < -0.39 is 15.6 Å². The number of alkyl halides is 1. The molecule has 1 aromatic carbocycles. The first-order chi connectivity index (χ1) is 9.38. The molecule has 0 aliphatic carbocycles. The summed E-state index contributed by atoms with van der Waals surface area (Å²) in [4.78, 5) is 0.0721. The van der Waals surface area contributed by atoms with Crippen LogP contribution >= 0.6 is 34.8 Å². The lowest BCUT2D eigenvalue weighted by Gasteiger charge is -2.35. The van der Waals surface area contributed by atoms with Crippen molar-refractivity contribution in [1.82, 2.24) is 4.72 Å². The minimum Gasteiger partial charge on any atom is -0.381 e. The molecule has 20 heavy (non-hydrogen) atoms. The monoisotopic (exact) mass is 357 g/mol. The molecule has 112 valence electrons. The topological polar surface area (TPSA) is 55.4 Å².